The van der Waals surface area contributed by atoms with Crippen molar-refractivity contribution in [3.05, 3.63) is 21.2 Å². The lowest BCUT2D eigenvalue weighted by atomic mass is 9.93. The smallest absolute Gasteiger partial charge is 0.413 e. The summed E-state index contributed by atoms with van der Waals surface area (Å²) in [6.45, 7) is 13.0. The van der Waals surface area contributed by atoms with E-state index in [2.05, 4.69) is 21.2 Å². The van der Waals surface area contributed by atoms with Gasteiger partial charge in [-0.2, -0.15) is 0 Å². The van der Waals surface area contributed by atoms with E-state index in [1.165, 1.54) is 0 Å². The minimum Gasteiger partial charge on any atom is -0.483 e. The first-order valence-electron chi connectivity index (χ1n) is 7.55. The van der Waals surface area contributed by atoms with E-state index in [1.54, 1.807) is 0 Å². The molecule has 1 unspecified atom stereocenters. The van der Waals surface area contributed by atoms with E-state index >= 15 is 0 Å². The van der Waals surface area contributed by atoms with Crippen molar-refractivity contribution in [3.63, 3.8) is 0 Å². The molecule has 0 spiro atoms. The van der Waals surface area contributed by atoms with Gasteiger partial charge in [-0.25, -0.2) is 4.79 Å². The summed E-state index contributed by atoms with van der Waals surface area (Å²) in [7, 11) is 0. The molecule has 128 valence electrons. The highest BCUT2D eigenvalue weighted by Crippen LogP contribution is 2.52. The first kappa shape index (κ1) is 18.1. The number of ether oxygens (including phenoxy) is 2. The fourth-order valence-corrected chi connectivity index (χ4v) is 3.11. The van der Waals surface area contributed by atoms with Crippen molar-refractivity contribution in [1.82, 2.24) is 5.32 Å². The number of hydrogen-bond acceptors (Lipinski definition) is 4. The SMILES string of the molecule is Cc1c(Br)c2c(c(C)c1OC(=O)NC(C)(C)C)C(O)C(C)(C)O2. The molecular weight excluding hydrogens is 362 g/mol. The Morgan fingerprint density at radius 3 is 2.39 bits per heavy atom. The number of halogens is 1. The molecule has 1 aromatic rings. The van der Waals surface area contributed by atoms with Gasteiger partial charge in [0, 0.05) is 22.2 Å². The van der Waals surface area contributed by atoms with Crippen LogP contribution in [0.1, 0.15) is 57.4 Å². The van der Waals surface area contributed by atoms with E-state index in [0.717, 1.165) is 5.56 Å². The van der Waals surface area contributed by atoms with Crippen molar-refractivity contribution in [1.29, 1.82) is 0 Å². The number of carbonyl (C=O) groups is 1. The predicted octanol–water partition coefficient (Wildman–Crippen LogP) is 4.16. The van der Waals surface area contributed by atoms with Crippen LogP contribution in [0.4, 0.5) is 4.79 Å². The number of benzene rings is 1. The van der Waals surface area contributed by atoms with Gasteiger partial charge >= 0.3 is 6.09 Å². The van der Waals surface area contributed by atoms with Gasteiger partial charge in [0.05, 0.1) is 4.47 Å². The Labute approximate surface area is 145 Å². The highest BCUT2D eigenvalue weighted by atomic mass is 79.9. The number of carbonyl (C=O) groups excluding carboxylic acids is 1. The maximum absolute atomic E-state index is 12.1. The molecule has 0 saturated heterocycles. The van der Waals surface area contributed by atoms with E-state index in [0.29, 0.717) is 27.1 Å². The zero-order valence-electron chi connectivity index (χ0n) is 14.6. The normalized spacial score (nSPS) is 19.1. The van der Waals surface area contributed by atoms with Gasteiger partial charge in [-0.1, -0.05) is 0 Å². The number of fused-ring (bicyclic) bond motifs is 1. The molecule has 0 bridgehead atoms. The lowest BCUT2D eigenvalue weighted by Gasteiger charge is -2.22. The number of aliphatic hydroxyl groups excluding tert-OH is 1. The monoisotopic (exact) mass is 385 g/mol. The molecular formula is C17H24BrNO4. The summed E-state index contributed by atoms with van der Waals surface area (Å²) in [6.07, 6.45) is -1.31. The Hall–Kier alpha value is -1.27. The van der Waals surface area contributed by atoms with Gasteiger partial charge in [-0.05, 0) is 64.4 Å². The van der Waals surface area contributed by atoms with E-state index in [1.807, 2.05) is 48.5 Å². The molecule has 1 heterocycles. The van der Waals surface area contributed by atoms with Gasteiger partial charge in [-0.15, -0.1) is 0 Å². The highest BCUT2D eigenvalue weighted by Gasteiger charge is 2.43. The highest BCUT2D eigenvalue weighted by molar-refractivity contribution is 9.10. The fraction of sp³-hybridized carbons (Fsp3) is 0.588. The van der Waals surface area contributed by atoms with Crippen molar-refractivity contribution < 1.29 is 19.4 Å². The standard InChI is InChI=1S/C17H24BrNO4/c1-8-10-13(23-17(6,7)14(10)20)11(18)9(2)12(8)22-15(21)19-16(3,4)5/h14,20H,1-7H3,(H,19,21). The van der Waals surface area contributed by atoms with Crippen LogP contribution < -0.4 is 14.8 Å². The van der Waals surface area contributed by atoms with E-state index in [4.69, 9.17) is 9.47 Å². The molecule has 1 aliphatic heterocycles. The molecule has 5 nitrogen and oxygen atoms in total. The van der Waals surface area contributed by atoms with E-state index in [9.17, 15) is 9.90 Å². The molecule has 0 radical (unpaired) electrons. The molecule has 2 N–H and O–H groups in total. The Morgan fingerprint density at radius 2 is 1.87 bits per heavy atom. The summed E-state index contributed by atoms with van der Waals surface area (Å²) in [4.78, 5) is 12.1. The summed E-state index contributed by atoms with van der Waals surface area (Å²) < 4.78 is 12.1. The third kappa shape index (κ3) is 3.33. The lowest BCUT2D eigenvalue weighted by molar-refractivity contribution is 0.0000882. The molecule has 0 aliphatic carbocycles. The molecule has 1 aliphatic rings. The number of hydrogen-bond donors (Lipinski definition) is 2. The van der Waals surface area contributed by atoms with Gasteiger partial charge < -0.3 is 19.9 Å². The average molecular weight is 386 g/mol. The Kier molecular flexibility index (Phi) is 4.45. The van der Waals surface area contributed by atoms with Crippen molar-refractivity contribution in [2.24, 2.45) is 0 Å². The second-order valence-corrected chi connectivity index (χ2v) is 8.30. The summed E-state index contributed by atoms with van der Waals surface area (Å²) >= 11 is 3.50. The van der Waals surface area contributed by atoms with Crippen LogP contribution in [0, 0.1) is 13.8 Å². The zero-order valence-corrected chi connectivity index (χ0v) is 16.2. The van der Waals surface area contributed by atoms with Gasteiger partial charge in [-0.3, -0.25) is 0 Å². The Balaban J connectivity index is 2.47. The minimum absolute atomic E-state index is 0.391. The molecule has 1 amide bonds. The summed E-state index contributed by atoms with van der Waals surface area (Å²) in [5.41, 5.74) is 1.01. The van der Waals surface area contributed by atoms with Crippen LogP contribution in [0.5, 0.6) is 11.5 Å². The van der Waals surface area contributed by atoms with Crippen molar-refractivity contribution in [3.8, 4) is 11.5 Å². The second-order valence-electron chi connectivity index (χ2n) is 7.51. The summed E-state index contributed by atoms with van der Waals surface area (Å²) in [5, 5.41) is 13.3. The van der Waals surface area contributed by atoms with Gasteiger partial charge in [0.1, 0.15) is 23.2 Å². The molecule has 1 atom stereocenters. The maximum atomic E-state index is 12.1. The summed E-state index contributed by atoms with van der Waals surface area (Å²) in [6, 6.07) is 0. The number of rotatable bonds is 1. The predicted molar refractivity (Wildman–Crippen MR) is 92.2 cm³/mol. The number of nitrogens with one attached hydrogen (secondary N) is 1. The van der Waals surface area contributed by atoms with Crippen LogP contribution in [0.3, 0.4) is 0 Å². The number of amides is 1. The molecule has 6 heteroatoms. The minimum atomic E-state index is -0.789. The van der Waals surface area contributed by atoms with Crippen LogP contribution in [0.2, 0.25) is 0 Å². The molecule has 1 aromatic carbocycles. The topological polar surface area (TPSA) is 67.8 Å². The Morgan fingerprint density at radius 1 is 1.30 bits per heavy atom. The average Bonchev–Trinajstić information content (AvgIpc) is 2.62. The van der Waals surface area contributed by atoms with E-state index < -0.39 is 23.3 Å². The Bertz CT molecular complexity index is 662. The first-order chi connectivity index (χ1) is 10.3. The fourth-order valence-electron chi connectivity index (χ4n) is 2.64. The van der Waals surface area contributed by atoms with Crippen molar-refractivity contribution in [2.75, 3.05) is 0 Å². The van der Waals surface area contributed by atoms with Gasteiger partial charge in [0.2, 0.25) is 0 Å². The molecule has 0 aromatic heterocycles. The second kappa shape index (κ2) is 5.67. The van der Waals surface area contributed by atoms with Crippen molar-refractivity contribution in [2.45, 2.75) is 65.7 Å². The molecule has 23 heavy (non-hydrogen) atoms. The van der Waals surface area contributed by atoms with E-state index in [-0.39, 0.29) is 0 Å². The van der Waals surface area contributed by atoms with Gasteiger partial charge in [0.25, 0.3) is 0 Å². The van der Waals surface area contributed by atoms with Crippen LogP contribution in [0.15, 0.2) is 4.47 Å². The van der Waals surface area contributed by atoms with Crippen LogP contribution in [-0.4, -0.2) is 22.3 Å². The van der Waals surface area contributed by atoms with Crippen molar-refractivity contribution >= 4 is 22.0 Å². The lowest BCUT2D eigenvalue weighted by Crippen LogP contribution is -2.42. The molecule has 0 saturated carbocycles. The zero-order chi connectivity index (χ0) is 17.7. The molecule has 0 fully saturated rings. The van der Waals surface area contributed by atoms with Crippen LogP contribution >= 0.6 is 15.9 Å². The molecule has 2 rings (SSSR count). The maximum Gasteiger partial charge on any atom is 0.413 e. The first-order valence-corrected chi connectivity index (χ1v) is 8.34. The third-order valence-corrected chi connectivity index (χ3v) is 4.78. The third-order valence-electron chi connectivity index (χ3n) is 3.83. The largest absolute Gasteiger partial charge is 0.483 e. The quantitative estimate of drug-likeness (QED) is 0.761. The van der Waals surface area contributed by atoms with Crippen LogP contribution in [-0.2, 0) is 0 Å². The summed E-state index contributed by atoms with van der Waals surface area (Å²) in [5.74, 6) is 1.05. The van der Waals surface area contributed by atoms with Gasteiger partial charge in [0.15, 0.2) is 0 Å². The number of aliphatic hydroxyl groups is 1. The van der Waals surface area contributed by atoms with Crippen LogP contribution in [0.25, 0.3) is 0 Å².